The highest BCUT2D eigenvalue weighted by Crippen LogP contribution is 2.31. The Hall–Kier alpha value is -1.33. The fourth-order valence-electron chi connectivity index (χ4n) is 2.64. The van der Waals surface area contributed by atoms with E-state index in [1.807, 2.05) is 0 Å². The Morgan fingerprint density at radius 2 is 2.25 bits per heavy atom. The molecule has 0 N–H and O–H groups in total. The van der Waals surface area contributed by atoms with Crippen molar-refractivity contribution in [2.75, 3.05) is 13.1 Å². The number of hydrogen-bond donors (Lipinski definition) is 0. The van der Waals surface area contributed by atoms with Crippen molar-refractivity contribution in [3.05, 3.63) is 35.4 Å². The van der Waals surface area contributed by atoms with Gasteiger partial charge in [-0.05, 0) is 24.0 Å². The standard InChI is InChI=1S/C14H18N2/c1-2-14-13-7-4-3-6-12(13)8-11-16(14)10-5-9-15/h3-4,6-7,14H,2,5,8,10-11H2,1H3/t14-/m1/s1. The van der Waals surface area contributed by atoms with E-state index in [0.717, 1.165) is 25.9 Å². The smallest absolute Gasteiger partial charge is 0.0635 e. The average Bonchev–Trinajstić information content (AvgIpc) is 2.35. The van der Waals surface area contributed by atoms with Gasteiger partial charge >= 0.3 is 0 Å². The van der Waals surface area contributed by atoms with E-state index in [1.54, 1.807) is 0 Å². The van der Waals surface area contributed by atoms with Crippen molar-refractivity contribution in [2.45, 2.75) is 32.2 Å². The third-order valence-electron chi connectivity index (χ3n) is 3.42. The van der Waals surface area contributed by atoms with E-state index in [2.05, 4.69) is 42.2 Å². The van der Waals surface area contributed by atoms with Crippen LogP contribution in [0.25, 0.3) is 0 Å². The summed E-state index contributed by atoms with van der Waals surface area (Å²) in [5.74, 6) is 0. The molecule has 1 atom stereocenters. The number of hydrogen-bond acceptors (Lipinski definition) is 2. The molecule has 84 valence electrons. The Labute approximate surface area is 97.5 Å². The summed E-state index contributed by atoms with van der Waals surface area (Å²) in [6.07, 6.45) is 2.89. The van der Waals surface area contributed by atoms with Crippen LogP contribution in [0, 0.1) is 11.3 Å². The third kappa shape index (κ3) is 2.10. The van der Waals surface area contributed by atoms with Crippen LogP contribution in [-0.4, -0.2) is 18.0 Å². The molecule has 0 radical (unpaired) electrons. The molecule has 0 unspecified atom stereocenters. The molecule has 1 aromatic rings. The van der Waals surface area contributed by atoms with Crippen LogP contribution < -0.4 is 0 Å². The zero-order valence-corrected chi connectivity index (χ0v) is 9.82. The van der Waals surface area contributed by atoms with E-state index in [9.17, 15) is 0 Å². The quantitative estimate of drug-likeness (QED) is 0.773. The lowest BCUT2D eigenvalue weighted by molar-refractivity contribution is 0.184. The molecule has 0 amide bonds. The summed E-state index contributed by atoms with van der Waals surface area (Å²) in [5.41, 5.74) is 2.96. The summed E-state index contributed by atoms with van der Waals surface area (Å²) < 4.78 is 0. The molecular formula is C14H18N2. The van der Waals surface area contributed by atoms with Crippen molar-refractivity contribution < 1.29 is 0 Å². The molecule has 1 aliphatic heterocycles. The lowest BCUT2D eigenvalue weighted by Gasteiger charge is -2.36. The van der Waals surface area contributed by atoms with E-state index < -0.39 is 0 Å². The second kappa shape index (κ2) is 5.14. The molecule has 2 heteroatoms. The topological polar surface area (TPSA) is 27.0 Å². The van der Waals surface area contributed by atoms with Crippen molar-refractivity contribution in [3.8, 4) is 6.07 Å². The lowest BCUT2D eigenvalue weighted by atomic mass is 9.91. The van der Waals surface area contributed by atoms with Gasteiger partial charge in [0.05, 0.1) is 6.07 Å². The minimum absolute atomic E-state index is 0.512. The first-order valence-electron chi connectivity index (χ1n) is 6.05. The highest BCUT2D eigenvalue weighted by Gasteiger charge is 2.24. The summed E-state index contributed by atoms with van der Waals surface area (Å²) in [5, 5.41) is 8.67. The molecule has 0 aliphatic carbocycles. The van der Waals surface area contributed by atoms with Crippen molar-refractivity contribution in [3.63, 3.8) is 0 Å². The van der Waals surface area contributed by atoms with Gasteiger partial charge in [0, 0.05) is 25.6 Å². The van der Waals surface area contributed by atoms with E-state index in [0.29, 0.717) is 12.5 Å². The maximum atomic E-state index is 8.67. The Morgan fingerprint density at radius 1 is 1.44 bits per heavy atom. The first-order chi connectivity index (χ1) is 7.86. The third-order valence-corrected chi connectivity index (χ3v) is 3.42. The molecular weight excluding hydrogens is 196 g/mol. The van der Waals surface area contributed by atoms with Gasteiger partial charge in [-0.15, -0.1) is 0 Å². The second-order valence-electron chi connectivity index (χ2n) is 4.32. The molecule has 0 bridgehead atoms. The first kappa shape index (κ1) is 11.2. The van der Waals surface area contributed by atoms with E-state index in [-0.39, 0.29) is 0 Å². The van der Waals surface area contributed by atoms with Crippen LogP contribution in [-0.2, 0) is 6.42 Å². The SMILES string of the molecule is CC[C@@H]1c2ccccc2CCN1CCC#N. The van der Waals surface area contributed by atoms with E-state index >= 15 is 0 Å². The van der Waals surface area contributed by atoms with Crippen LogP contribution in [0.15, 0.2) is 24.3 Å². The normalized spacial score (nSPS) is 20.1. The van der Waals surface area contributed by atoms with Gasteiger partial charge in [-0.25, -0.2) is 0 Å². The molecule has 0 aromatic heterocycles. The second-order valence-corrected chi connectivity index (χ2v) is 4.32. The monoisotopic (exact) mass is 214 g/mol. The molecule has 0 fully saturated rings. The maximum absolute atomic E-state index is 8.67. The number of nitriles is 1. The van der Waals surface area contributed by atoms with Gasteiger partial charge in [0.2, 0.25) is 0 Å². The number of nitrogens with zero attached hydrogens (tertiary/aromatic N) is 2. The highest BCUT2D eigenvalue weighted by molar-refractivity contribution is 5.32. The molecule has 2 rings (SSSR count). The van der Waals surface area contributed by atoms with Crippen molar-refractivity contribution in [2.24, 2.45) is 0 Å². The van der Waals surface area contributed by atoms with Crippen LogP contribution in [0.3, 0.4) is 0 Å². The number of rotatable bonds is 3. The summed E-state index contributed by atoms with van der Waals surface area (Å²) in [6, 6.07) is 11.5. The summed E-state index contributed by atoms with van der Waals surface area (Å²) in [4.78, 5) is 2.45. The number of fused-ring (bicyclic) bond motifs is 1. The Morgan fingerprint density at radius 3 is 3.00 bits per heavy atom. The molecule has 0 spiro atoms. The lowest BCUT2D eigenvalue weighted by Crippen LogP contribution is -2.35. The van der Waals surface area contributed by atoms with Gasteiger partial charge in [0.15, 0.2) is 0 Å². The Bertz CT molecular complexity index is 392. The zero-order chi connectivity index (χ0) is 11.4. The van der Waals surface area contributed by atoms with Crippen molar-refractivity contribution in [1.82, 2.24) is 4.90 Å². The minimum Gasteiger partial charge on any atom is -0.295 e. The van der Waals surface area contributed by atoms with Crippen LogP contribution >= 0.6 is 0 Å². The van der Waals surface area contributed by atoms with Crippen molar-refractivity contribution in [1.29, 1.82) is 5.26 Å². The summed E-state index contributed by atoms with van der Waals surface area (Å²) >= 11 is 0. The minimum atomic E-state index is 0.512. The molecule has 2 nitrogen and oxygen atoms in total. The Balaban J connectivity index is 2.20. The molecule has 1 aliphatic rings. The average molecular weight is 214 g/mol. The fourth-order valence-corrected chi connectivity index (χ4v) is 2.64. The maximum Gasteiger partial charge on any atom is 0.0635 e. The molecule has 16 heavy (non-hydrogen) atoms. The van der Waals surface area contributed by atoms with Crippen molar-refractivity contribution >= 4 is 0 Å². The van der Waals surface area contributed by atoms with Gasteiger partial charge in [-0.2, -0.15) is 5.26 Å². The van der Waals surface area contributed by atoms with E-state index in [1.165, 1.54) is 11.1 Å². The largest absolute Gasteiger partial charge is 0.295 e. The highest BCUT2D eigenvalue weighted by atomic mass is 15.2. The van der Waals surface area contributed by atoms with Crippen LogP contribution in [0.4, 0.5) is 0 Å². The first-order valence-corrected chi connectivity index (χ1v) is 6.05. The van der Waals surface area contributed by atoms with Crippen LogP contribution in [0.2, 0.25) is 0 Å². The molecule has 0 saturated heterocycles. The van der Waals surface area contributed by atoms with Gasteiger partial charge in [0.1, 0.15) is 0 Å². The van der Waals surface area contributed by atoms with Crippen LogP contribution in [0.1, 0.15) is 36.9 Å². The molecule has 0 saturated carbocycles. The van der Waals surface area contributed by atoms with Gasteiger partial charge in [-0.3, -0.25) is 4.90 Å². The van der Waals surface area contributed by atoms with E-state index in [4.69, 9.17) is 5.26 Å². The predicted octanol–water partition coefficient (Wildman–Crippen LogP) is 2.91. The zero-order valence-electron chi connectivity index (χ0n) is 9.82. The number of benzene rings is 1. The Kier molecular flexibility index (Phi) is 3.58. The van der Waals surface area contributed by atoms with Gasteiger partial charge < -0.3 is 0 Å². The summed E-state index contributed by atoms with van der Waals surface area (Å²) in [7, 11) is 0. The van der Waals surface area contributed by atoms with Gasteiger partial charge in [0.25, 0.3) is 0 Å². The van der Waals surface area contributed by atoms with Gasteiger partial charge in [-0.1, -0.05) is 31.2 Å². The molecule has 1 aromatic carbocycles. The van der Waals surface area contributed by atoms with Crippen LogP contribution in [0.5, 0.6) is 0 Å². The predicted molar refractivity (Wildman–Crippen MR) is 65.0 cm³/mol. The summed E-state index contributed by atoms with van der Waals surface area (Å²) in [6.45, 7) is 4.23. The molecule has 1 heterocycles. The fraction of sp³-hybridized carbons (Fsp3) is 0.500.